The first-order valence-corrected chi connectivity index (χ1v) is 13.8. The van der Waals surface area contributed by atoms with Gasteiger partial charge in [0.1, 0.15) is 0 Å². The Balaban J connectivity index is 1.65. The zero-order valence-electron chi connectivity index (χ0n) is 20.8. The van der Waals surface area contributed by atoms with Crippen molar-refractivity contribution in [2.75, 3.05) is 13.3 Å². The van der Waals surface area contributed by atoms with Crippen LogP contribution in [-0.2, 0) is 22.1 Å². The molecule has 10 heteroatoms. The lowest BCUT2D eigenvalue weighted by atomic mass is 10.1. The molecule has 0 fully saturated rings. The van der Waals surface area contributed by atoms with Crippen molar-refractivity contribution >= 4 is 27.3 Å². The molecule has 1 aromatic heterocycles. The average Bonchev–Trinajstić information content (AvgIpc) is 3.46. The number of halogens is 1. The number of hydrogen-bond donors (Lipinski definition) is 0. The van der Waals surface area contributed by atoms with E-state index in [0.29, 0.717) is 39.9 Å². The second kappa shape index (κ2) is 10.5. The predicted octanol–water partition coefficient (Wildman–Crippen LogP) is 5.12. The highest BCUT2D eigenvalue weighted by Crippen LogP contribution is 2.33. The molecule has 192 valence electrons. The number of ether oxygens (including phenoxy) is 2. The second-order valence-electron chi connectivity index (χ2n) is 9.49. The summed E-state index contributed by atoms with van der Waals surface area (Å²) in [5.74, 6) is 0.890. The molecule has 1 amide bonds. The van der Waals surface area contributed by atoms with Crippen LogP contribution in [0.4, 0.5) is 0 Å². The van der Waals surface area contributed by atoms with E-state index in [0.717, 1.165) is 0 Å². The van der Waals surface area contributed by atoms with Crippen LogP contribution in [0.3, 0.4) is 0 Å². The molecule has 2 heterocycles. The molecule has 2 aromatic carbocycles. The van der Waals surface area contributed by atoms with E-state index in [-0.39, 0.29) is 42.1 Å². The summed E-state index contributed by atoms with van der Waals surface area (Å²) >= 11 is 6.22. The SMILES string of the molecule is CC(C)CN(Cc1cnc(S(=O)(=O)Cc2ccccc2Cl)n1C(C)C)C(=O)c1ccc2c(c1)OCO2. The van der Waals surface area contributed by atoms with Gasteiger partial charge in [0.25, 0.3) is 5.91 Å². The molecule has 0 spiro atoms. The van der Waals surface area contributed by atoms with Gasteiger partial charge in [-0.15, -0.1) is 0 Å². The molecule has 0 N–H and O–H groups in total. The predicted molar refractivity (Wildman–Crippen MR) is 137 cm³/mol. The Morgan fingerprint density at radius 1 is 1.11 bits per heavy atom. The number of rotatable bonds is 9. The molecule has 8 nitrogen and oxygen atoms in total. The maximum Gasteiger partial charge on any atom is 0.254 e. The topological polar surface area (TPSA) is 90.7 Å². The summed E-state index contributed by atoms with van der Waals surface area (Å²) in [5, 5.41) is 0.355. The van der Waals surface area contributed by atoms with Gasteiger partial charge in [0.05, 0.1) is 24.2 Å². The van der Waals surface area contributed by atoms with Crippen molar-refractivity contribution < 1.29 is 22.7 Å². The first-order valence-electron chi connectivity index (χ1n) is 11.8. The fourth-order valence-electron chi connectivity index (χ4n) is 4.23. The molecule has 0 saturated carbocycles. The average molecular weight is 532 g/mol. The Morgan fingerprint density at radius 3 is 2.53 bits per heavy atom. The molecule has 4 rings (SSSR count). The Hall–Kier alpha value is -3.04. The zero-order chi connectivity index (χ0) is 26.0. The molecule has 0 saturated heterocycles. The van der Waals surface area contributed by atoms with Crippen LogP contribution in [0.5, 0.6) is 11.5 Å². The van der Waals surface area contributed by atoms with Crippen LogP contribution < -0.4 is 9.47 Å². The van der Waals surface area contributed by atoms with Gasteiger partial charge in [-0.3, -0.25) is 4.79 Å². The van der Waals surface area contributed by atoms with Gasteiger partial charge in [0, 0.05) is 23.2 Å². The lowest BCUT2D eigenvalue weighted by Gasteiger charge is -2.26. The van der Waals surface area contributed by atoms with Crippen LogP contribution in [-0.4, -0.2) is 42.1 Å². The third-order valence-electron chi connectivity index (χ3n) is 5.78. The maximum atomic E-state index is 13.5. The van der Waals surface area contributed by atoms with Crippen molar-refractivity contribution in [1.29, 1.82) is 0 Å². The van der Waals surface area contributed by atoms with Gasteiger partial charge >= 0.3 is 0 Å². The van der Waals surface area contributed by atoms with E-state index in [1.807, 2.05) is 27.7 Å². The zero-order valence-corrected chi connectivity index (χ0v) is 22.3. The van der Waals surface area contributed by atoms with E-state index in [2.05, 4.69) is 4.98 Å². The third-order valence-corrected chi connectivity index (χ3v) is 7.70. The fourth-order valence-corrected chi connectivity index (χ4v) is 6.14. The molecular weight excluding hydrogens is 502 g/mol. The maximum absolute atomic E-state index is 13.5. The molecule has 0 unspecified atom stereocenters. The third kappa shape index (κ3) is 5.52. The van der Waals surface area contributed by atoms with Crippen LogP contribution in [0.1, 0.15) is 55.4 Å². The fraction of sp³-hybridized carbons (Fsp3) is 0.385. The number of nitrogens with zero attached hydrogens (tertiary/aromatic N) is 3. The lowest BCUT2D eigenvalue weighted by Crippen LogP contribution is -2.34. The lowest BCUT2D eigenvalue weighted by molar-refractivity contribution is 0.0717. The molecule has 0 atom stereocenters. The van der Waals surface area contributed by atoms with Gasteiger partial charge in [0.15, 0.2) is 11.5 Å². The van der Waals surface area contributed by atoms with Gasteiger partial charge < -0.3 is 18.9 Å². The van der Waals surface area contributed by atoms with Crippen LogP contribution in [0.2, 0.25) is 5.02 Å². The van der Waals surface area contributed by atoms with Crippen LogP contribution >= 0.6 is 11.6 Å². The Kier molecular flexibility index (Phi) is 7.61. The van der Waals surface area contributed by atoms with Crippen molar-refractivity contribution in [2.45, 2.75) is 51.2 Å². The second-order valence-corrected chi connectivity index (χ2v) is 11.8. The minimum absolute atomic E-state index is 0.0348. The van der Waals surface area contributed by atoms with Gasteiger partial charge in [-0.2, -0.15) is 0 Å². The van der Waals surface area contributed by atoms with E-state index < -0.39 is 9.84 Å². The minimum Gasteiger partial charge on any atom is -0.454 e. The summed E-state index contributed by atoms with van der Waals surface area (Å²) < 4.78 is 39.2. The van der Waals surface area contributed by atoms with Crippen molar-refractivity contribution in [3.05, 3.63) is 70.5 Å². The highest BCUT2D eigenvalue weighted by Gasteiger charge is 2.28. The summed E-state index contributed by atoms with van der Waals surface area (Å²) in [7, 11) is -3.80. The summed E-state index contributed by atoms with van der Waals surface area (Å²) in [6, 6.07) is 11.8. The van der Waals surface area contributed by atoms with E-state index in [1.165, 1.54) is 0 Å². The molecule has 0 aliphatic carbocycles. The monoisotopic (exact) mass is 531 g/mol. The molecule has 0 radical (unpaired) electrons. The number of aromatic nitrogens is 2. The van der Waals surface area contributed by atoms with E-state index in [1.54, 1.807) is 58.1 Å². The molecule has 0 bridgehead atoms. The number of fused-ring (bicyclic) bond motifs is 1. The molecule has 36 heavy (non-hydrogen) atoms. The van der Waals surface area contributed by atoms with Crippen molar-refractivity contribution in [3.8, 4) is 11.5 Å². The normalized spacial score (nSPS) is 13.0. The van der Waals surface area contributed by atoms with Crippen molar-refractivity contribution in [2.24, 2.45) is 5.92 Å². The molecule has 1 aliphatic heterocycles. The van der Waals surface area contributed by atoms with Crippen LogP contribution in [0.15, 0.2) is 53.8 Å². The van der Waals surface area contributed by atoms with Crippen LogP contribution in [0, 0.1) is 5.92 Å². The van der Waals surface area contributed by atoms with Gasteiger partial charge in [-0.05, 0) is 49.6 Å². The summed E-state index contributed by atoms with van der Waals surface area (Å²) in [4.78, 5) is 19.5. The summed E-state index contributed by atoms with van der Waals surface area (Å²) in [6.45, 7) is 8.66. The molecular formula is C26H30ClN3O5S. The van der Waals surface area contributed by atoms with E-state index >= 15 is 0 Å². The summed E-state index contributed by atoms with van der Waals surface area (Å²) in [6.07, 6.45) is 1.54. The molecule has 1 aliphatic rings. The Bertz CT molecular complexity index is 1370. The first kappa shape index (κ1) is 26.0. The van der Waals surface area contributed by atoms with Crippen molar-refractivity contribution in [3.63, 3.8) is 0 Å². The number of benzene rings is 2. The number of carbonyl (C=O) groups is 1. The molecule has 3 aromatic rings. The standard InChI is InChI=1S/C26H30ClN3O5S/c1-17(2)13-29(25(31)19-9-10-23-24(11-19)35-16-34-23)14-21-12-28-26(30(21)18(3)4)36(32,33)15-20-7-5-6-8-22(20)27/h5-12,17-18H,13-16H2,1-4H3. The van der Waals surface area contributed by atoms with Gasteiger partial charge in [0.2, 0.25) is 21.8 Å². The number of sulfone groups is 1. The number of carbonyl (C=O) groups excluding carboxylic acids is 1. The Morgan fingerprint density at radius 2 is 1.83 bits per heavy atom. The quantitative estimate of drug-likeness (QED) is 0.380. The van der Waals surface area contributed by atoms with Gasteiger partial charge in [-0.1, -0.05) is 43.6 Å². The number of amides is 1. The largest absolute Gasteiger partial charge is 0.454 e. The first-order chi connectivity index (χ1) is 17.1. The van der Waals surface area contributed by atoms with E-state index in [9.17, 15) is 13.2 Å². The smallest absolute Gasteiger partial charge is 0.254 e. The highest BCUT2D eigenvalue weighted by atomic mass is 35.5. The number of imidazole rings is 1. The van der Waals surface area contributed by atoms with E-state index in [4.69, 9.17) is 21.1 Å². The van der Waals surface area contributed by atoms with Gasteiger partial charge in [-0.25, -0.2) is 13.4 Å². The highest BCUT2D eigenvalue weighted by molar-refractivity contribution is 7.90. The minimum atomic E-state index is -3.80. The van der Waals surface area contributed by atoms with Crippen molar-refractivity contribution in [1.82, 2.24) is 14.5 Å². The summed E-state index contributed by atoms with van der Waals surface area (Å²) in [5.41, 5.74) is 1.62. The van der Waals surface area contributed by atoms with Crippen LogP contribution in [0.25, 0.3) is 0 Å². The Labute approximate surface area is 216 Å². The number of hydrogen-bond acceptors (Lipinski definition) is 6.